The predicted octanol–water partition coefficient (Wildman–Crippen LogP) is 2.51. The third-order valence-electron chi connectivity index (χ3n) is 13.4. The highest BCUT2D eigenvalue weighted by molar-refractivity contribution is 6.01. The minimum Gasteiger partial charge on any atom is -0.379 e. The van der Waals surface area contributed by atoms with Gasteiger partial charge in [0.2, 0.25) is 29.5 Å². The normalized spacial score (nSPS) is 18.4. The summed E-state index contributed by atoms with van der Waals surface area (Å²) < 4.78 is 23.0. The van der Waals surface area contributed by atoms with Crippen LogP contribution in [0.5, 0.6) is 0 Å². The highest BCUT2D eigenvalue weighted by Crippen LogP contribution is 2.30. The number of nitrogens with one attached hydrogen (secondary N) is 3. The Balaban J connectivity index is 1.64. The second-order valence-corrected chi connectivity index (χ2v) is 19.5. The number of amides is 7. The molecule has 20 heteroatoms. The van der Waals surface area contributed by atoms with Crippen LogP contribution in [0.3, 0.4) is 0 Å². The second kappa shape index (κ2) is 30.1. The van der Waals surface area contributed by atoms with Gasteiger partial charge in [0, 0.05) is 53.6 Å². The maximum Gasteiger partial charge on any atom is 0.335 e. The molecular formula is C51H83N7O13. The Morgan fingerprint density at radius 2 is 1.42 bits per heavy atom. The van der Waals surface area contributed by atoms with Crippen molar-refractivity contribution in [2.45, 2.75) is 142 Å². The zero-order valence-corrected chi connectivity index (χ0v) is 44.2. The van der Waals surface area contributed by atoms with E-state index in [1.54, 1.807) is 23.8 Å². The molecule has 2 heterocycles. The van der Waals surface area contributed by atoms with Gasteiger partial charge in [0.25, 0.3) is 11.8 Å². The molecule has 20 nitrogen and oxygen atoms in total. The van der Waals surface area contributed by atoms with Gasteiger partial charge < -0.3 is 49.5 Å². The van der Waals surface area contributed by atoms with Gasteiger partial charge in [-0.05, 0) is 50.3 Å². The van der Waals surface area contributed by atoms with Crippen LogP contribution in [0.25, 0.3) is 0 Å². The molecule has 0 unspecified atom stereocenters. The molecule has 1 aromatic carbocycles. The van der Waals surface area contributed by atoms with Gasteiger partial charge in [-0.3, -0.25) is 38.5 Å². The number of likely N-dealkylation sites (N-methyl/N-ethyl adjacent to an activating group) is 2. The Morgan fingerprint density at radius 1 is 0.789 bits per heavy atom. The average Bonchev–Trinajstić information content (AvgIpc) is 3.94. The molecule has 0 saturated carbocycles. The van der Waals surface area contributed by atoms with Crippen LogP contribution in [0.4, 0.5) is 0 Å². The highest BCUT2D eigenvalue weighted by Gasteiger charge is 2.44. The molecule has 0 aromatic heterocycles. The van der Waals surface area contributed by atoms with Crippen molar-refractivity contribution in [3.05, 3.63) is 35.9 Å². The fourth-order valence-corrected chi connectivity index (χ4v) is 9.43. The molecule has 2 saturated heterocycles. The van der Waals surface area contributed by atoms with Gasteiger partial charge in [-0.25, -0.2) is 4.79 Å². The minimum atomic E-state index is -0.951. The van der Waals surface area contributed by atoms with Gasteiger partial charge >= 0.3 is 5.97 Å². The summed E-state index contributed by atoms with van der Waals surface area (Å²) in [6.45, 7) is 14.5. The van der Waals surface area contributed by atoms with Crippen LogP contribution in [0.1, 0.15) is 99.0 Å². The van der Waals surface area contributed by atoms with Crippen LogP contribution in [-0.4, -0.2) is 184 Å². The largest absolute Gasteiger partial charge is 0.379 e. The third kappa shape index (κ3) is 17.9. The van der Waals surface area contributed by atoms with E-state index in [-0.39, 0.29) is 101 Å². The summed E-state index contributed by atoms with van der Waals surface area (Å²) in [5.41, 5.74) is 0.830. The highest BCUT2D eigenvalue weighted by atomic mass is 16.7. The maximum absolute atomic E-state index is 14.4. The summed E-state index contributed by atoms with van der Waals surface area (Å²) in [6, 6.07) is 6.14. The summed E-state index contributed by atoms with van der Waals surface area (Å²) >= 11 is 0. The molecule has 7 amide bonds. The van der Waals surface area contributed by atoms with Gasteiger partial charge in [0.1, 0.15) is 12.1 Å². The first-order chi connectivity index (χ1) is 33.7. The quantitative estimate of drug-likeness (QED) is 0.0718. The van der Waals surface area contributed by atoms with E-state index in [1.165, 1.54) is 14.2 Å². The zero-order chi connectivity index (χ0) is 52.9. The SMILES string of the molecule is CC[C@@H](C)[C@@H]([C@@H](CC(=O)N1CCC[C@H]1[C@H](OC)[C@@H](C)C(=O)N[C@@H](Cc1ccccc1)C(=O)NCCOCCOCCC(=O)ON1C(=O)CCC1=O)OC)N(C)C(=O)[C@@H](NC(=O)[C@H](C(C)C)N(C)C)C(C)C. The number of hydroxylamine groups is 2. The lowest BCUT2D eigenvalue weighted by molar-refractivity contribution is -0.198. The summed E-state index contributed by atoms with van der Waals surface area (Å²) in [7, 11) is 8.43. The Kier molecular flexibility index (Phi) is 25.6. The average molecular weight is 1000 g/mol. The molecule has 3 rings (SSSR count). The Bertz CT molecular complexity index is 1880. The number of likely N-dealkylation sites (tertiary alicyclic amines) is 1. The molecule has 0 aliphatic carbocycles. The van der Waals surface area contributed by atoms with E-state index < -0.39 is 77.9 Å². The molecule has 0 spiro atoms. The Morgan fingerprint density at radius 3 is 1.99 bits per heavy atom. The summed E-state index contributed by atoms with van der Waals surface area (Å²) in [5.74, 6) is -4.48. The number of methoxy groups -OCH3 is 2. The molecule has 3 N–H and O–H groups in total. The van der Waals surface area contributed by atoms with Gasteiger partial charge in [0.15, 0.2) is 0 Å². The van der Waals surface area contributed by atoms with Gasteiger partial charge in [-0.2, -0.15) is 0 Å². The summed E-state index contributed by atoms with van der Waals surface area (Å²) in [6.07, 6.45) is 0.574. The smallest absolute Gasteiger partial charge is 0.335 e. The van der Waals surface area contributed by atoms with Crippen molar-refractivity contribution in [2.24, 2.45) is 23.7 Å². The van der Waals surface area contributed by atoms with Crippen LogP contribution in [0.15, 0.2) is 30.3 Å². The van der Waals surface area contributed by atoms with Crippen molar-refractivity contribution < 1.29 is 62.1 Å². The lowest BCUT2D eigenvalue weighted by atomic mass is 9.89. The molecule has 71 heavy (non-hydrogen) atoms. The van der Waals surface area contributed by atoms with Gasteiger partial charge in [-0.1, -0.05) is 85.2 Å². The zero-order valence-electron chi connectivity index (χ0n) is 44.2. The standard InChI is InChI=1S/C51H83N7O13/c1-13-34(6)46(56(10)51(66)44(32(2)3)54-50(65)45(33(4)5)55(8)9)39(67-11)31-42(61)57-25-17-20-38(57)47(68-12)35(7)48(63)53-37(30-36-18-15-14-16-19-36)49(64)52-24-27-70-29-28-69-26-23-43(62)71-58-40(59)21-22-41(58)60/h14-16,18-19,32-35,37-39,44-47H,13,17,20-31H2,1-12H3,(H,52,64)(H,53,63)(H,54,65)/t34-,35-,37+,38+,39-,44+,45+,46+,47-/m1/s1. The van der Waals surface area contributed by atoms with Crippen LogP contribution in [-0.2, 0) is 68.6 Å². The van der Waals surface area contributed by atoms with Crippen LogP contribution >= 0.6 is 0 Å². The number of nitrogens with zero attached hydrogens (tertiary/aromatic N) is 4. The van der Waals surface area contributed by atoms with Crippen molar-refractivity contribution >= 4 is 47.3 Å². The van der Waals surface area contributed by atoms with E-state index in [0.29, 0.717) is 30.9 Å². The van der Waals surface area contributed by atoms with E-state index in [4.69, 9.17) is 23.8 Å². The number of imide groups is 1. The first-order valence-corrected chi connectivity index (χ1v) is 25.1. The molecule has 2 aliphatic rings. The molecular weight excluding hydrogens is 919 g/mol. The molecule has 400 valence electrons. The Labute approximate surface area is 420 Å². The van der Waals surface area contributed by atoms with E-state index in [0.717, 1.165) is 5.56 Å². The van der Waals surface area contributed by atoms with Crippen molar-refractivity contribution in [3.8, 4) is 0 Å². The number of benzene rings is 1. The minimum absolute atomic E-state index is 0.00651. The Hall–Kier alpha value is -5.02. The fraction of sp³-hybridized carbons (Fsp3) is 0.725. The number of carbonyl (C=O) groups excluding carboxylic acids is 8. The number of ether oxygens (including phenoxy) is 4. The number of rotatable bonds is 31. The molecule has 0 radical (unpaired) electrons. The monoisotopic (exact) mass is 1000 g/mol. The van der Waals surface area contributed by atoms with Crippen molar-refractivity contribution in [2.75, 3.05) is 74.9 Å². The summed E-state index contributed by atoms with van der Waals surface area (Å²) in [5, 5.41) is 9.30. The fourth-order valence-electron chi connectivity index (χ4n) is 9.43. The number of hydrogen-bond acceptors (Lipinski definition) is 14. The van der Waals surface area contributed by atoms with Crippen molar-refractivity contribution in [1.82, 2.24) is 35.7 Å². The van der Waals surface area contributed by atoms with Gasteiger partial charge in [-0.15, -0.1) is 5.06 Å². The van der Waals surface area contributed by atoms with E-state index in [1.807, 2.05) is 90.9 Å². The van der Waals surface area contributed by atoms with Crippen molar-refractivity contribution in [3.63, 3.8) is 0 Å². The molecule has 1 aromatic rings. The lowest BCUT2D eigenvalue weighted by Crippen LogP contribution is -2.59. The van der Waals surface area contributed by atoms with Gasteiger partial charge in [0.05, 0.1) is 75.5 Å². The number of carbonyl (C=O) groups is 8. The summed E-state index contributed by atoms with van der Waals surface area (Å²) in [4.78, 5) is 115. The van der Waals surface area contributed by atoms with Crippen LogP contribution in [0.2, 0.25) is 0 Å². The third-order valence-corrected chi connectivity index (χ3v) is 13.4. The molecule has 9 atom stereocenters. The first kappa shape index (κ1) is 60.3. The molecule has 0 bridgehead atoms. The van der Waals surface area contributed by atoms with Crippen LogP contribution in [0, 0.1) is 23.7 Å². The topological polar surface area (TPSA) is 232 Å². The first-order valence-electron chi connectivity index (χ1n) is 25.1. The van der Waals surface area contributed by atoms with E-state index in [9.17, 15) is 38.4 Å². The molecule has 2 fully saturated rings. The second-order valence-electron chi connectivity index (χ2n) is 19.5. The maximum atomic E-state index is 14.4. The molecule has 2 aliphatic heterocycles. The van der Waals surface area contributed by atoms with Crippen LogP contribution < -0.4 is 16.0 Å². The number of hydrogen-bond donors (Lipinski definition) is 3. The van der Waals surface area contributed by atoms with E-state index >= 15 is 0 Å². The predicted molar refractivity (Wildman–Crippen MR) is 264 cm³/mol. The van der Waals surface area contributed by atoms with Crippen molar-refractivity contribution in [1.29, 1.82) is 0 Å². The van der Waals surface area contributed by atoms with E-state index in [2.05, 4.69) is 16.0 Å². The lowest BCUT2D eigenvalue weighted by Gasteiger charge is -2.41.